The molecule has 1 fully saturated rings. The third kappa shape index (κ3) is 7.55. The van der Waals surface area contributed by atoms with E-state index < -0.39 is 6.16 Å². The van der Waals surface area contributed by atoms with Gasteiger partial charge < -0.3 is 23.9 Å². The molecule has 78 valence electrons. The van der Waals surface area contributed by atoms with Crippen molar-refractivity contribution in [3.05, 3.63) is 0 Å². The summed E-state index contributed by atoms with van der Waals surface area (Å²) in [4.78, 5) is 9.03. The number of carboxylic acid groups (broad SMARTS) is 1. The van der Waals surface area contributed by atoms with E-state index in [2.05, 4.69) is 18.8 Å². The highest BCUT2D eigenvalue weighted by Gasteiger charge is 2.18. The van der Waals surface area contributed by atoms with Gasteiger partial charge in [0.15, 0.2) is 0 Å². The Hall–Kier alpha value is -0.810. The van der Waals surface area contributed by atoms with Gasteiger partial charge in [-0.25, -0.2) is 0 Å². The maximum atomic E-state index is 9.03. The monoisotopic (exact) mass is 191 g/mol. The average molecular weight is 191 g/mol. The molecule has 5 nitrogen and oxygen atoms in total. The number of ether oxygens (including phenoxy) is 2. The molecule has 0 unspecified atom stereocenters. The molecule has 1 heterocycles. The SMILES string of the molecule is COC(=O)[O-].C[N+]1(C)CCOCC1. The first-order chi connectivity index (χ1) is 5.98. The minimum atomic E-state index is -1.50. The van der Waals surface area contributed by atoms with Crippen molar-refractivity contribution in [1.29, 1.82) is 0 Å². The van der Waals surface area contributed by atoms with Gasteiger partial charge in [0.05, 0.1) is 27.3 Å². The quantitative estimate of drug-likeness (QED) is 0.366. The van der Waals surface area contributed by atoms with E-state index in [-0.39, 0.29) is 0 Å². The lowest BCUT2D eigenvalue weighted by Gasteiger charge is -2.33. The molecular weight excluding hydrogens is 174 g/mol. The van der Waals surface area contributed by atoms with Gasteiger partial charge in [0.25, 0.3) is 6.16 Å². The second-order valence-electron chi connectivity index (χ2n) is 3.45. The Morgan fingerprint density at radius 2 is 1.77 bits per heavy atom. The first-order valence-electron chi connectivity index (χ1n) is 4.12. The molecule has 1 aliphatic heterocycles. The van der Waals surface area contributed by atoms with E-state index in [0.717, 1.165) is 24.8 Å². The van der Waals surface area contributed by atoms with Gasteiger partial charge in [-0.3, -0.25) is 0 Å². The third-order valence-electron chi connectivity index (χ3n) is 1.85. The van der Waals surface area contributed by atoms with Crippen molar-refractivity contribution in [2.24, 2.45) is 0 Å². The Morgan fingerprint density at radius 1 is 1.38 bits per heavy atom. The summed E-state index contributed by atoms with van der Waals surface area (Å²) < 4.78 is 9.87. The predicted octanol–water partition coefficient (Wildman–Crippen LogP) is -0.931. The number of methoxy groups -OCH3 is 1. The van der Waals surface area contributed by atoms with E-state index in [0.29, 0.717) is 0 Å². The van der Waals surface area contributed by atoms with Crippen LogP contribution in [0, 0.1) is 0 Å². The van der Waals surface area contributed by atoms with Crippen molar-refractivity contribution in [2.45, 2.75) is 0 Å². The molecule has 0 aliphatic carbocycles. The second-order valence-corrected chi connectivity index (χ2v) is 3.45. The minimum Gasteiger partial charge on any atom is -0.553 e. The number of hydrogen-bond acceptors (Lipinski definition) is 4. The molecule has 0 amide bonds. The summed E-state index contributed by atoms with van der Waals surface area (Å²) in [5.41, 5.74) is 0. The topological polar surface area (TPSA) is 58.6 Å². The smallest absolute Gasteiger partial charge is 0.251 e. The molecule has 0 aromatic rings. The van der Waals surface area contributed by atoms with Gasteiger partial charge in [0.2, 0.25) is 0 Å². The number of nitrogens with zero attached hydrogens (tertiary/aromatic N) is 1. The normalized spacial score (nSPS) is 19.6. The van der Waals surface area contributed by atoms with Crippen LogP contribution in [0.4, 0.5) is 4.79 Å². The Morgan fingerprint density at radius 3 is 1.92 bits per heavy atom. The fourth-order valence-electron chi connectivity index (χ4n) is 0.837. The number of rotatable bonds is 0. The first kappa shape index (κ1) is 12.2. The standard InChI is InChI=1S/C6H14NO.C2H4O3/c1-7(2)3-5-8-6-4-7;1-5-2(3)4/h3-6H2,1-2H3;1H3,(H,3,4)/q+1;/p-1. The highest BCUT2D eigenvalue weighted by molar-refractivity contribution is 5.53. The molecule has 0 atom stereocenters. The van der Waals surface area contributed by atoms with Crippen LogP contribution in [0.5, 0.6) is 0 Å². The number of carbonyl (C=O) groups excluding carboxylic acids is 1. The van der Waals surface area contributed by atoms with E-state index >= 15 is 0 Å². The molecule has 1 aliphatic rings. The van der Waals surface area contributed by atoms with E-state index in [1.165, 1.54) is 13.1 Å². The van der Waals surface area contributed by atoms with Crippen LogP contribution >= 0.6 is 0 Å². The Kier molecular flexibility index (Phi) is 5.41. The van der Waals surface area contributed by atoms with Crippen molar-refractivity contribution < 1.29 is 23.9 Å². The molecule has 5 heteroatoms. The molecule has 1 rings (SSSR count). The van der Waals surface area contributed by atoms with Crippen LogP contribution in [0.2, 0.25) is 0 Å². The van der Waals surface area contributed by atoms with Crippen LogP contribution in [0.15, 0.2) is 0 Å². The van der Waals surface area contributed by atoms with Crippen molar-refractivity contribution in [3.8, 4) is 0 Å². The summed E-state index contributed by atoms with van der Waals surface area (Å²) in [5, 5.41) is 9.03. The molecule has 1 saturated heterocycles. The third-order valence-corrected chi connectivity index (χ3v) is 1.85. The molecule has 0 spiro atoms. The summed E-state index contributed by atoms with van der Waals surface area (Å²) in [6.45, 7) is 4.21. The molecular formula is C8H17NO4. The number of hydrogen-bond donors (Lipinski definition) is 0. The molecule has 0 aromatic heterocycles. The minimum absolute atomic E-state index is 0.938. The fraction of sp³-hybridized carbons (Fsp3) is 0.875. The maximum absolute atomic E-state index is 9.03. The summed E-state index contributed by atoms with van der Waals surface area (Å²) >= 11 is 0. The Balaban J connectivity index is 0.000000252. The molecule has 0 N–H and O–H groups in total. The maximum Gasteiger partial charge on any atom is 0.251 e. The molecule has 0 radical (unpaired) electrons. The van der Waals surface area contributed by atoms with Gasteiger partial charge >= 0.3 is 0 Å². The summed E-state index contributed by atoms with van der Waals surface area (Å²) in [6, 6.07) is 0. The lowest BCUT2D eigenvalue weighted by atomic mass is 10.4. The number of quaternary nitrogens is 1. The van der Waals surface area contributed by atoms with Gasteiger partial charge in [-0.2, -0.15) is 0 Å². The van der Waals surface area contributed by atoms with Gasteiger partial charge in [-0.1, -0.05) is 0 Å². The zero-order valence-electron chi connectivity index (χ0n) is 8.41. The van der Waals surface area contributed by atoms with Crippen molar-refractivity contribution in [2.75, 3.05) is 47.5 Å². The lowest BCUT2D eigenvalue weighted by molar-refractivity contribution is -0.898. The zero-order valence-corrected chi connectivity index (χ0v) is 8.41. The van der Waals surface area contributed by atoms with Gasteiger partial charge in [0, 0.05) is 7.11 Å². The van der Waals surface area contributed by atoms with Gasteiger partial charge in [0.1, 0.15) is 13.1 Å². The number of morpholine rings is 1. The molecule has 13 heavy (non-hydrogen) atoms. The highest BCUT2D eigenvalue weighted by Crippen LogP contribution is 2.00. The second kappa shape index (κ2) is 5.77. The van der Waals surface area contributed by atoms with Crippen LogP contribution in [0.1, 0.15) is 0 Å². The predicted molar refractivity (Wildman–Crippen MR) is 45.1 cm³/mol. The van der Waals surface area contributed by atoms with Crippen LogP contribution in [0.3, 0.4) is 0 Å². The first-order valence-corrected chi connectivity index (χ1v) is 4.12. The fourth-order valence-corrected chi connectivity index (χ4v) is 0.837. The van der Waals surface area contributed by atoms with E-state index in [1.807, 2.05) is 0 Å². The Labute approximate surface area is 78.4 Å². The number of carbonyl (C=O) groups is 1. The van der Waals surface area contributed by atoms with E-state index in [9.17, 15) is 0 Å². The summed E-state index contributed by atoms with van der Waals surface area (Å²) in [7, 11) is 5.51. The van der Waals surface area contributed by atoms with Crippen molar-refractivity contribution in [1.82, 2.24) is 0 Å². The van der Waals surface area contributed by atoms with Crippen molar-refractivity contribution >= 4 is 6.16 Å². The van der Waals surface area contributed by atoms with E-state index in [4.69, 9.17) is 14.6 Å². The van der Waals surface area contributed by atoms with Crippen molar-refractivity contribution in [3.63, 3.8) is 0 Å². The summed E-state index contributed by atoms with van der Waals surface area (Å²) in [6.07, 6.45) is -1.50. The Bertz CT molecular complexity index is 150. The molecule has 0 saturated carbocycles. The number of likely N-dealkylation sites (N-methyl/N-ethyl adjacent to an activating group) is 1. The zero-order chi connectivity index (χ0) is 10.3. The van der Waals surface area contributed by atoms with Crippen LogP contribution in [0.25, 0.3) is 0 Å². The highest BCUT2D eigenvalue weighted by atomic mass is 16.6. The van der Waals surface area contributed by atoms with Gasteiger partial charge in [-0.05, 0) is 0 Å². The van der Waals surface area contributed by atoms with Crippen LogP contribution in [-0.2, 0) is 9.47 Å². The van der Waals surface area contributed by atoms with E-state index in [1.54, 1.807) is 0 Å². The lowest BCUT2D eigenvalue weighted by Crippen LogP contribution is -2.48. The molecule has 0 bridgehead atoms. The largest absolute Gasteiger partial charge is 0.553 e. The average Bonchev–Trinajstić information content (AvgIpc) is 2.05. The van der Waals surface area contributed by atoms with Gasteiger partial charge in [-0.15, -0.1) is 0 Å². The summed E-state index contributed by atoms with van der Waals surface area (Å²) in [5.74, 6) is 0. The van der Waals surface area contributed by atoms with Crippen LogP contribution in [-0.4, -0.2) is 58.1 Å². The van der Waals surface area contributed by atoms with Crippen LogP contribution < -0.4 is 5.11 Å². The molecule has 0 aromatic carbocycles.